The van der Waals surface area contributed by atoms with Crippen molar-refractivity contribution < 1.29 is 14.7 Å². The van der Waals surface area contributed by atoms with Crippen molar-refractivity contribution in [1.29, 1.82) is 0 Å². The molecule has 100 valence electrons. The number of benzene rings is 1. The van der Waals surface area contributed by atoms with Crippen LogP contribution in [0.25, 0.3) is 10.9 Å². The van der Waals surface area contributed by atoms with Crippen molar-refractivity contribution in [2.24, 2.45) is 0 Å². The van der Waals surface area contributed by atoms with Crippen LogP contribution in [0, 0.1) is 0 Å². The number of hydrogen-bond acceptors (Lipinski definition) is 2. The van der Waals surface area contributed by atoms with E-state index in [-0.39, 0.29) is 5.91 Å². The van der Waals surface area contributed by atoms with Gasteiger partial charge in [-0.25, -0.2) is 4.79 Å². The Hall–Kier alpha value is -2.50. The molecule has 0 radical (unpaired) electrons. The molecule has 0 saturated carbocycles. The SMILES string of the molecule is CC(=O)NCCc1c[nH]c2ccc(NC(=O)O)cc12. The maximum atomic E-state index is 10.8. The Morgan fingerprint density at radius 1 is 1.37 bits per heavy atom. The molecule has 0 aliphatic carbocycles. The van der Waals surface area contributed by atoms with Crippen molar-refractivity contribution in [3.8, 4) is 0 Å². The topological polar surface area (TPSA) is 94.2 Å². The Balaban J connectivity index is 2.19. The fourth-order valence-corrected chi connectivity index (χ4v) is 1.96. The number of fused-ring (bicyclic) bond motifs is 1. The van der Waals surface area contributed by atoms with E-state index in [1.165, 1.54) is 6.92 Å². The van der Waals surface area contributed by atoms with Crippen molar-refractivity contribution in [2.75, 3.05) is 11.9 Å². The average Bonchev–Trinajstić information content (AvgIpc) is 2.71. The molecule has 2 amide bonds. The first-order valence-electron chi connectivity index (χ1n) is 5.90. The Morgan fingerprint density at radius 3 is 2.84 bits per heavy atom. The Morgan fingerprint density at radius 2 is 2.16 bits per heavy atom. The van der Waals surface area contributed by atoms with Crippen LogP contribution in [0.1, 0.15) is 12.5 Å². The minimum Gasteiger partial charge on any atom is -0.465 e. The lowest BCUT2D eigenvalue weighted by Gasteiger charge is -2.03. The van der Waals surface area contributed by atoms with E-state index in [1.54, 1.807) is 12.1 Å². The second-order valence-corrected chi connectivity index (χ2v) is 4.24. The van der Waals surface area contributed by atoms with E-state index in [9.17, 15) is 9.59 Å². The van der Waals surface area contributed by atoms with Crippen LogP contribution < -0.4 is 10.6 Å². The van der Waals surface area contributed by atoms with Gasteiger partial charge in [-0.05, 0) is 30.2 Å². The summed E-state index contributed by atoms with van der Waals surface area (Å²) >= 11 is 0. The summed E-state index contributed by atoms with van der Waals surface area (Å²) < 4.78 is 0. The van der Waals surface area contributed by atoms with Gasteiger partial charge >= 0.3 is 6.09 Å². The molecule has 0 saturated heterocycles. The molecule has 0 atom stereocenters. The number of carboxylic acid groups (broad SMARTS) is 1. The van der Waals surface area contributed by atoms with E-state index < -0.39 is 6.09 Å². The maximum Gasteiger partial charge on any atom is 0.409 e. The summed E-state index contributed by atoms with van der Waals surface area (Å²) in [5.74, 6) is -0.0620. The standard InChI is InChI=1S/C13H15N3O3/c1-8(17)14-5-4-9-7-15-12-3-2-10(6-11(9)12)16-13(18)19/h2-3,6-7,15-16H,4-5H2,1H3,(H,14,17)(H,18,19). The number of anilines is 1. The third-order valence-electron chi connectivity index (χ3n) is 2.79. The molecule has 0 bridgehead atoms. The minimum absolute atomic E-state index is 0.0620. The molecule has 0 aliphatic heterocycles. The minimum atomic E-state index is -1.09. The molecule has 2 aromatic rings. The van der Waals surface area contributed by atoms with Crippen LogP contribution in [0.2, 0.25) is 0 Å². The van der Waals surface area contributed by atoms with Crippen LogP contribution >= 0.6 is 0 Å². The molecule has 0 unspecified atom stereocenters. The predicted octanol–water partition coefficient (Wildman–Crippen LogP) is 1.94. The number of hydrogen-bond donors (Lipinski definition) is 4. The third-order valence-corrected chi connectivity index (χ3v) is 2.79. The molecule has 6 heteroatoms. The van der Waals surface area contributed by atoms with Gasteiger partial charge in [-0.3, -0.25) is 10.1 Å². The zero-order valence-corrected chi connectivity index (χ0v) is 10.5. The maximum absolute atomic E-state index is 10.8. The number of aromatic amines is 1. The Bertz CT molecular complexity index is 619. The lowest BCUT2D eigenvalue weighted by Crippen LogP contribution is -2.22. The summed E-state index contributed by atoms with van der Waals surface area (Å²) in [4.78, 5) is 24.5. The van der Waals surface area contributed by atoms with Crippen LogP contribution in [0.4, 0.5) is 10.5 Å². The normalized spacial score (nSPS) is 10.4. The van der Waals surface area contributed by atoms with Gasteiger partial charge in [0.25, 0.3) is 0 Å². The Labute approximate surface area is 109 Å². The molecule has 0 fully saturated rings. The number of amides is 2. The molecule has 2 rings (SSSR count). The van der Waals surface area contributed by atoms with Gasteiger partial charge in [0.1, 0.15) is 0 Å². The van der Waals surface area contributed by atoms with E-state index in [0.717, 1.165) is 16.5 Å². The summed E-state index contributed by atoms with van der Waals surface area (Å²) in [6.07, 6.45) is 1.47. The van der Waals surface area contributed by atoms with Gasteiger partial charge in [0.2, 0.25) is 5.91 Å². The molecule has 1 aromatic carbocycles. The Kier molecular flexibility index (Phi) is 3.70. The molecule has 0 spiro atoms. The average molecular weight is 261 g/mol. The van der Waals surface area contributed by atoms with Gasteiger partial charge in [-0.2, -0.15) is 0 Å². The number of aromatic nitrogens is 1. The van der Waals surface area contributed by atoms with Gasteiger partial charge in [-0.15, -0.1) is 0 Å². The largest absolute Gasteiger partial charge is 0.465 e. The van der Waals surface area contributed by atoms with Crippen LogP contribution in [0.3, 0.4) is 0 Å². The number of carbonyl (C=O) groups excluding carboxylic acids is 1. The molecule has 4 N–H and O–H groups in total. The van der Waals surface area contributed by atoms with Gasteiger partial charge in [0.05, 0.1) is 0 Å². The lowest BCUT2D eigenvalue weighted by atomic mass is 10.1. The van der Waals surface area contributed by atoms with E-state index >= 15 is 0 Å². The molecule has 6 nitrogen and oxygen atoms in total. The highest BCUT2D eigenvalue weighted by molar-refractivity contribution is 5.91. The van der Waals surface area contributed by atoms with Crippen molar-refractivity contribution in [1.82, 2.24) is 10.3 Å². The summed E-state index contributed by atoms with van der Waals surface area (Å²) in [5, 5.41) is 14.7. The highest BCUT2D eigenvalue weighted by Crippen LogP contribution is 2.22. The van der Waals surface area contributed by atoms with Crippen LogP contribution in [0.5, 0.6) is 0 Å². The molecule has 1 heterocycles. The van der Waals surface area contributed by atoms with Crippen molar-refractivity contribution in [3.05, 3.63) is 30.0 Å². The monoisotopic (exact) mass is 261 g/mol. The quantitative estimate of drug-likeness (QED) is 0.677. The smallest absolute Gasteiger partial charge is 0.409 e. The van der Waals surface area contributed by atoms with Crippen molar-refractivity contribution >= 4 is 28.6 Å². The van der Waals surface area contributed by atoms with Crippen molar-refractivity contribution in [2.45, 2.75) is 13.3 Å². The van der Waals surface area contributed by atoms with E-state index in [4.69, 9.17) is 5.11 Å². The van der Waals surface area contributed by atoms with E-state index in [1.807, 2.05) is 12.3 Å². The fourth-order valence-electron chi connectivity index (χ4n) is 1.96. The number of carbonyl (C=O) groups is 2. The summed E-state index contributed by atoms with van der Waals surface area (Å²) in [7, 11) is 0. The molecule has 1 aromatic heterocycles. The highest BCUT2D eigenvalue weighted by atomic mass is 16.4. The fraction of sp³-hybridized carbons (Fsp3) is 0.231. The van der Waals surface area contributed by atoms with Gasteiger partial charge in [0.15, 0.2) is 0 Å². The number of H-pyrrole nitrogens is 1. The van der Waals surface area contributed by atoms with E-state index in [0.29, 0.717) is 18.7 Å². The van der Waals surface area contributed by atoms with Gasteiger partial charge < -0.3 is 15.4 Å². The zero-order chi connectivity index (χ0) is 13.8. The summed E-state index contributed by atoms with van der Waals surface area (Å²) in [6, 6.07) is 5.30. The second-order valence-electron chi connectivity index (χ2n) is 4.24. The first kappa shape index (κ1) is 12.9. The van der Waals surface area contributed by atoms with Crippen LogP contribution in [0.15, 0.2) is 24.4 Å². The highest BCUT2D eigenvalue weighted by Gasteiger charge is 2.06. The van der Waals surface area contributed by atoms with Crippen molar-refractivity contribution in [3.63, 3.8) is 0 Å². The van der Waals surface area contributed by atoms with Gasteiger partial charge in [0, 0.05) is 36.3 Å². The second kappa shape index (κ2) is 5.43. The molecular weight excluding hydrogens is 246 g/mol. The van der Waals surface area contributed by atoms with Crippen LogP contribution in [-0.4, -0.2) is 28.6 Å². The number of nitrogens with one attached hydrogen (secondary N) is 3. The van der Waals surface area contributed by atoms with Crippen LogP contribution in [-0.2, 0) is 11.2 Å². The molecular formula is C13H15N3O3. The predicted molar refractivity (Wildman–Crippen MR) is 72.3 cm³/mol. The summed E-state index contributed by atoms with van der Waals surface area (Å²) in [5.41, 5.74) is 2.51. The summed E-state index contributed by atoms with van der Waals surface area (Å²) in [6.45, 7) is 2.03. The first-order valence-corrected chi connectivity index (χ1v) is 5.90. The zero-order valence-electron chi connectivity index (χ0n) is 10.5. The third kappa shape index (κ3) is 3.25. The van der Waals surface area contributed by atoms with E-state index in [2.05, 4.69) is 15.6 Å². The molecule has 0 aliphatic rings. The molecule has 19 heavy (non-hydrogen) atoms. The number of rotatable bonds is 4. The lowest BCUT2D eigenvalue weighted by molar-refractivity contribution is -0.118. The first-order chi connectivity index (χ1) is 9.06. The van der Waals surface area contributed by atoms with Gasteiger partial charge in [-0.1, -0.05) is 0 Å².